The number of fused-ring (bicyclic) bond motifs is 8. The predicted molar refractivity (Wildman–Crippen MR) is 195 cm³/mol. The number of hydrogen-bond donors (Lipinski definition) is 0. The van der Waals surface area contributed by atoms with Crippen LogP contribution in [0.2, 0.25) is 0 Å². The Morgan fingerprint density at radius 2 is 1.20 bits per heavy atom. The molecule has 0 saturated carbocycles. The Morgan fingerprint density at radius 3 is 2.07 bits per heavy atom. The highest BCUT2D eigenvalue weighted by Gasteiger charge is 2.16. The largest absolute Gasteiger partial charge is 0.247 e. The molecular formula is C44H28N2. The summed E-state index contributed by atoms with van der Waals surface area (Å²) in [4.78, 5) is 10.4. The maximum absolute atomic E-state index is 5.24. The molecule has 6 aromatic carbocycles. The van der Waals surface area contributed by atoms with Crippen LogP contribution in [-0.4, -0.2) is 9.97 Å². The Balaban J connectivity index is 1.15. The van der Waals surface area contributed by atoms with E-state index in [2.05, 4.69) is 158 Å². The lowest BCUT2D eigenvalue weighted by Gasteiger charge is -2.13. The Morgan fingerprint density at radius 1 is 0.478 bits per heavy atom. The number of nitrogens with zero attached hydrogens (tertiary/aromatic N) is 2. The number of aromatic nitrogens is 2. The van der Waals surface area contributed by atoms with Crippen LogP contribution < -0.4 is 0 Å². The minimum atomic E-state index is 0.933. The minimum absolute atomic E-state index is 0.933. The standard InChI is InChI=1S/C44H28N2/c1-28-27-35(29-9-3-2-4-10-29)22-18-32-17-21-34-24-26-39(45-44(34)41(28)32)31-15-19-33(20-16-31)43-38-25-23-30-11-5-6-12-36(30)42(38)37-13-7-8-14-40(37)46-43/h2-27H,1H2. The summed E-state index contributed by atoms with van der Waals surface area (Å²) in [6, 6.07) is 49.2. The van der Waals surface area contributed by atoms with Crippen LogP contribution in [0.15, 0.2) is 158 Å². The van der Waals surface area contributed by atoms with Crippen molar-refractivity contribution < 1.29 is 0 Å². The molecule has 2 nitrogen and oxygen atoms in total. The van der Waals surface area contributed by atoms with Crippen LogP contribution in [0.3, 0.4) is 0 Å². The first-order valence-electron chi connectivity index (χ1n) is 15.6. The zero-order valence-electron chi connectivity index (χ0n) is 25.1. The van der Waals surface area contributed by atoms with Crippen molar-refractivity contribution in [2.45, 2.75) is 0 Å². The van der Waals surface area contributed by atoms with Gasteiger partial charge in [-0.3, -0.25) is 0 Å². The third-order valence-electron chi connectivity index (χ3n) is 9.14. The monoisotopic (exact) mass is 584 g/mol. The molecule has 8 aromatic rings. The number of para-hydroxylation sites is 1. The fourth-order valence-corrected chi connectivity index (χ4v) is 6.88. The lowest BCUT2D eigenvalue weighted by molar-refractivity contribution is 1.38. The van der Waals surface area contributed by atoms with Crippen molar-refractivity contribution in [1.29, 1.82) is 0 Å². The Labute approximate surface area is 267 Å². The molecule has 0 radical (unpaired) electrons. The molecule has 2 heterocycles. The molecule has 0 saturated heterocycles. The summed E-state index contributed by atoms with van der Waals surface area (Å²) in [5.41, 5.74) is 11.5. The Bertz CT molecular complexity index is 2560. The van der Waals surface area contributed by atoms with Crippen LogP contribution >= 0.6 is 0 Å². The normalized spacial score (nSPS) is 12.9. The SMILES string of the molecule is C=C1C=C(c2ccccc2)C=Cc2ccc3ccc(-c4ccc(-c5nc6ccccc6c6c5ccc5ccccc56)cc4)nc3c21. The van der Waals surface area contributed by atoms with E-state index in [1.165, 1.54) is 27.1 Å². The molecule has 0 N–H and O–H groups in total. The fourth-order valence-electron chi connectivity index (χ4n) is 6.88. The summed E-state index contributed by atoms with van der Waals surface area (Å²) >= 11 is 0. The van der Waals surface area contributed by atoms with Gasteiger partial charge in [-0.05, 0) is 51.3 Å². The summed E-state index contributed by atoms with van der Waals surface area (Å²) in [5.74, 6) is 0. The highest BCUT2D eigenvalue weighted by Crippen LogP contribution is 2.38. The van der Waals surface area contributed by atoms with Gasteiger partial charge in [-0.15, -0.1) is 0 Å². The molecule has 2 heteroatoms. The summed E-state index contributed by atoms with van der Waals surface area (Å²) in [6.45, 7) is 4.49. The Kier molecular flexibility index (Phi) is 6.00. The van der Waals surface area contributed by atoms with Crippen LogP contribution in [0.5, 0.6) is 0 Å². The summed E-state index contributed by atoms with van der Waals surface area (Å²) in [5, 5.41) is 7.17. The van der Waals surface area contributed by atoms with E-state index in [0.29, 0.717) is 0 Å². The molecule has 0 aliphatic heterocycles. The van der Waals surface area contributed by atoms with E-state index >= 15 is 0 Å². The molecular weight excluding hydrogens is 556 g/mol. The second-order valence-electron chi connectivity index (χ2n) is 11.9. The van der Waals surface area contributed by atoms with E-state index in [0.717, 1.165) is 66.6 Å². The zero-order chi connectivity index (χ0) is 30.6. The molecule has 2 aromatic heterocycles. The van der Waals surface area contributed by atoms with E-state index in [9.17, 15) is 0 Å². The van der Waals surface area contributed by atoms with Gasteiger partial charge in [0.1, 0.15) is 0 Å². The number of hydrogen-bond acceptors (Lipinski definition) is 2. The Hall–Kier alpha value is -6.12. The van der Waals surface area contributed by atoms with E-state index < -0.39 is 0 Å². The van der Waals surface area contributed by atoms with Crippen molar-refractivity contribution in [2.75, 3.05) is 0 Å². The van der Waals surface area contributed by atoms with Crippen LogP contribution in [0, 0.1) is 0 Å². The summed E-state index contributed by atoms with van der Waals surface area (Å²) in [6.07, 6.45) is 6.53. The van der Waals surface area contributed by atoms with Gasteiger partial charge in [0.05, 0.1) is 22.4 Å². The third-order valence-corrected chi connectivity index (χ3v) is 9.14. The highest BCUT2D eigenvalue weighted by molar-refractivity contribution is 6.22. The average molecular weight is 585 g/mol. The van der Waals surface area contributed by atoms with E-state index in [1.54, 1.807) is 0 Å². The quantitative estimate of drug-likeness (QED) is 0.193. The fraction of sp³-hybridized carbons (Fsp3) is 0. The smallest absolute Gasteiger partial charge is 0.0793 e. The molecule has 0 unspecified atom stereocenters. The molecule has 0 fully saturated rings. The highest BCUT2D eigenvalue weighted by atomic mass is 14.7. The van der Waals surface area contributed by atoms with Gasteiger partial charge < -0.3 is 0 Å². The van der Waals surface area contributed by atoms with E-state index in [-0.39, 0.29) is 0 Å². The van der Waals surface area contributed by atoms with Crippen LogP contribution in [0.25, 0.3) is 83.1 Å². The molecule has 214 valence electrons. The van der Waals surface area contributed by atoms with Gasteiger partial charge in [-0.25, -0.2) is 9.97 Å². The van der Waals surface area contributed by atoms with Gasteiger partial charge in [-0.2, -0.15) is 0 Å². The molecule has 0 atom stereocenters. The number of allylic oxidation sites excluding steroid dienone is 4. The molecule has 0 amide bonds. The molecule has 46 heavy (non-hydrogen) atoms. The molecule has 1 aliphatic rings. The maximum atomic E-state index is 5.24. The van der Waals surface area contributed by atoms with Crippen molar-refractivity contribution in [3.05, 3.63) is 175 Å². The summed E-state index contributed by atoms with van der Waals surface area (Å²) in [7, 11) is 0. The molecule has 1 aliphatic carbocycles. The van der Waals surface area contributed by atoms with Crippen molar-refractivity contribution in [2.24, 2.45) is 0 Å². The predicted octanol–water partition coefficient (Wildman–Crippen LogP) is 11.5. The van der Waals surface area contributed by atoms with Crippen LogP contribution in [0.1, 0.15) is 16.7 Å². The van der Waals surface area contributed by atoms with E-state index in [4.69, 9.17) is 9.97 Å². The number of pyridine rings is 2. The van der Waals surface area contributed by atoms with Gasteiger partial charge in [0, 0.05) is 38.2 Å². The molecule has 9 rings (SSSR count). The van der Waals surface area contributed by atoms with Crippen molar-refractivity contribution >= 4 is 60.6 Å². The van der Waals surface area contributed by atoms with Gasteiger partial charge >= 0.3 is 0 Å². The first-order chi connectivity index (χ1) is 22.7. The van der Waals surface area contributed by atoms with Crippen molar-refractivity contribution in [1.82, 2.24) is 9.97 Å². The second-order valence-corrected chi connectivity index (χ2v) is 11.9. The van der Waals surface area contributed by atoms with Crippen molar-refractivity contribution in [3.8, 4) is 22.5 Å². The minimum Gasteiger partial charge on any atom is -0.247 e. The van der Waals surface area contributed by atoms with E-state index in [1.807, 2.05) is 6.07 Å². The number of rotatable bonds is 3. The summed E-state index contributed by atoms with van der Waals surface area (Å²) < 4.78 is 0. The lowest BCUT2D eigenvalue weighted by atomic mass is 9.94. The lowest BCUT2D eigenvalue weighted by Crippen LogP contribution is -1.94. The zero-order valence-corrected chi connectivity index (χ0v) is 25.1. The van der Waals surface area contributed by atoms with Gasteiger partial charge in [0.25, 0.3) is 0 Å². The first kappa shape index (κ1) is 26.3. The second kappa shape index (κ2) is 10.5. The first-order valence-corrected chi connectivity index (χ1v) is 15.6. The van der Waals surface area contributed by atoms with Gasteiger partial charge in [0.15, 0.2) is 0 Å². The maximum Gasteiger partial charge on any atom is 0.0793 e. The third kappa shape index (κ3) is 4.27. The van der Waals surface area contributed by atoms with Crippen LogP contribution in [0.4, 0.5) is 0 Å². The topological polar surface area (TPSA) is 25.8 Å². The molecule has 0 bridgehead atoms. The molecule has 0 spiro atoms. The van der Waals surface area contributed by atoms with Crippen LogP contribution in [-0.2, 0) is 0 Å². The van der Waals surface area contributed by atoms with Crippen molar-refractivity contribution in [3.63, 3.8) is 0 Å². The number of benzene rings is 6. The van der Waals surface area contributed by atoms with Gasteiger partial charge in [0.2, 0.25) is 0 Å². The van der Waals surface area contributed by atoms with Gasteiger partial charge in [-0.1, -0.05) is 146 Å². The average Bonchev–Trinajstić information content (AvgIpc) is 3.30.